The number of allylic oxidation sites excluding steroid dienone is 1. The van der Waals surface area contributed by atoms with Gasteiger partial charge in [-0.25, -0.2) is 0 Å². The van der Waals surface area contributed by atoms with Crippen molar-refractivity contribution in [3.05, 3.63) is 12.2 Å². The Labute approximate surface area is 95.1 Å². The van der Waals surface area contributed by atoms with Crippen LogP contribution in [0.15, 0.2) is 12.2 Å². The molecule has 0 aliphatic rings. The number of hydrogen-bond donors (Lipinski definition) is 1. The van der Waals surface area contributed by atoms with Crippen molar-refractivity contribution in [2.45, 2.75) is 59.1 Å². The standard InChI is InChI=1S/C13H27NO/c1-6-7-11-15-12(2)9-8-10-14-13(3,4)5/h6-7,12,14H,8-11H2,1-5H3. The summed E-state index contributed by atoms with van der Waals surface area (Å²) >= 11 is 0. The lowest BCUT2D eigenvalue weighted by Gasteiger charge is -2.21. The molecule has 0 aromatic heterocycles. The van der Waals surface area contributed by atoms with Crippen LogP contribution in [0, 0.1) is 0 Å². The van der Waals surface area contributed by atoms with Gasteiger partial charge in [0.25, 0.3) is 0 Å². The summed E-state index contributed by atoms with van der Waals surface area (Å²) in [6.45, 7) is 12.5. The summed E-state index contributed by atoms with van der Waals surface area (Å²) in [5, 5.41) is 3.47. The first kappa shape index (κ1) is 14.7. The van der Waals surface area contributed by atoms with E-state index in [-0.39, 0.29) is 5.54 Å². The Morgan fingerprint density at radius 1 is 1.33 bits per heavy atom. The van der Waals surface area contributed by atoms with Crippen LogP contribution in [0.2, 0.25) is 0 Å². The lowest BCUT2D eigenvalue weighted by atomic mass is 10.1. The fourth-order valence-electron chi connectivity index (χ4n) is 1.25. The highest BCUT2D eigenvalue weighted by atomic mass is 16.5. The Morgan fingerprint density at radius 3 is 2.53 bits per heavy atom. The number of ether oxygens (including phenoxy) is 1. The molecule has 0 radical (unpaired) electrons. The predicted molar refractivity (Wildman–Crippen MR) is 67.2 cm³/mol. The fourth-order valence-corrected chi connectivity index (χ4v) is 1.25. The van der Waals surface area contributed by atoms with E-state index in [0.717, 1.165) is 19.6 Å². The molecule has 15 heavy (non-hydrogen) atoms. The first-order chi connectivity index (χ1) is 6.95. The first-order valence-corrected chi connectivity index (χ1v) is 5.93. The molecule has 0 amide bonds. The normalized spacial score (nSPS) is 14.7. The Bertz CT molecular complexity index is 170. The van der Waals surface area contributed by atoms with Crippen molar-refractivity contribution in [1.29, 1.82) is 0 Å². The van der Waals surface area contributed by atoms with E-state index in [1.54, 1.807) is 0 Å². The van der Waals surface area contributed by atoms with Crippen molar-refractivity contribution < 1.29 is 4.74 Å². The van der Waals surface area contributed by atoms with Crippen LogP contribution in [-0.2, 0) is 4.74 Å². The highest BCUT2D eigenvalue weighted by molar-refractivity contribution is 4.76. The zero-order valence-electron chi connectivity index (χ0n) is 11.0. The van der Waals surface area contributed by atoms with Gasteiger partial charge in [0, 0.05) is 5.54 Å². The van der Waals surface area contributed by atoms with E-state index < -0.39 is 0 Å². The van der Waals surface area contributed by atoms with E-state index in [0.29, 0.717) is 6.10 Å². The van der Waals surface area contributed by atoms with E-state index >= 15 is 0 Å². The molecule has 0 aliphatic carbocycles. The lowest BCUT2D eigenvalue weighted by molar-refractivity contribution is 0.0799. The van der Waals surface area contributed by atoms with Crippen LogP contribution in [0.25, 0.3) is 0 Å². The summed E-state index contributed by atoms with van der Waals surface area (Å²) in [7, 11) is 0. The van der Waals surface area contributed by atoms with Gasteiger partial charge in [0.1, 0.15) is 0 Å². The molecule has 0 bridgehead atoms. The first-order valence-electron chi connectivity index (χ1n) is 5.93. The predicted octanol–water partition coefficient (Wildman–Crippen LogP) is 3.14. The van der Waals surface area contributed by atoms with E-state index in [1.165, 1.54) is 6.42 Å². The number of nitrogens with one attached hydrogen (secondary N) is 1. The second kappa shape index (κ2) is 7.89. The van der Waals surface area contributed by atoms with Gasteiger partial charge in [-0.05, 0) is 54.0 Å². The molecule has 0 aromatic rings. The van der Waals surface area contributed by atoms with Crippen LogP contribution in [-0.4, -0.2) is 24.8 Å². The molecule has 1 unspecified atom stereocenters. The van der Waals surface area contributed by atoms with Gasteiger partial charge < -0.3 is 10.1 Å². The second-order valence-electron chi connectivity index (χ2n) is 5.03. The summed E-state index contributed by atoms with van der Waals surface area (Å²) in [5.41, 5.74) is 0.231. The Morgan fingerprint density at radius 2 is 2.00 bits per heavy atom. The van der Waals surface area contributed by atoms with E-state index in [9.17, 15) is 0 Å². The molecule has 1 N–H and O–H groups in total. The molecule has 0 spiro atoms. The van der Waals surface area contributed by atoms with Crippen LogP contribution < -0.4 is 5.32 Å². The van der Waals surface area contributed by atoms with E-state index in [1.807, 2.05) is 19.1 Å². The average molecular weight is 213 g/mol. The van der Waals surface area contributed by atoms with Crippen molar-refractivity contribution in [2.75, 3.05) is 13.2 Å². The summed E-state index contributed by atoms with van der Waals surface area (Å²) in [6, 6.07) is 0. The van der Waals surface area contributed by atoms with Gasteiger partial charge in [-0.2, -0.15) is 0 Å². The van der Waals surface area contributed by atoms with Gasteiger partial charge in [-0.3, -0.25) is 0 Å². The Kier molecular flexibility index (Phi) is 7.71. The minimum absolute atomic E-state index is 0.231. The van der Waals surface area contributed by atoms with Crippen molar-refractivity contribution >= 4 is 0 Å². The van der Waals surface area contributed by atoms with Crippen LogP contribution in [0.5, 0.6) is 0 Å². The van der Waals surface area contributed by atoms with Crippen LogP contribution in [0.4, 0.5) is 0 Å². The molecule has 0 aromatic carbocycles. The van der Waals surface area contributed by atoms with Crippen LogP contribution >= 0.6 is 0 Å². The molecule has 0 fully saturated rings. The van der Waals surface area contributed by atoms with Gasteiger partial charge in [0.2, 0.25) is 0 Å². The number of hydrogen-bond acceptors (Lipinski definition) is 2. The monoisotopic (exact) mass is 213 g/mol. The highest BCUT2D eigenvalue weighted by Gasteiger charge is 2.08. The Balaban J connectivity index is 3.35. The third-order valence-corrected chi connectivity index (χ3v) is 2.16. The summed E-state index contributed by atoms with van der Waals surface area (Å²) in [5.74, 6) is 0. The maximum atomic E-state index is 5.60. The van der Waals surface area contributed by atoms with Gasteiger partial charge in [-0.1, -0.05) is 12.2 Å². The quantitative estimate of drug-likeness (QED) is 0.518. The molecule has 90 valence electrons. The van der Waals surface area contributed by atoms with Crippen LogP contribution in [0.1, 0.15) is 47.5 Å². The topological polar surface area (TPSA) is 21.3 Å². The van der Waals surface area contributed by atoms with Crippen molar-refractivity contribution in [2.24, 2.45) is 0 Å². The maximum absolute atomic E-state index is 5.60. The van der Waals surface area contributed by atoms with Gasteiger partial charge in [0.15, 0.2) is 0 Å². The van der Waals surface area contributed by atoms with Crippen molar-refractivity contribution in [3.63, 3.8) is 0 Å². The SMILES string of the molecule is CC=CCOC(C)CCCNC(C)(C)C. The largest absolute Gasteiger partial charge is 0.374 e. The molecule has 0 rings (SSSR count). The fraction of sp³-hybridized carbons (Fsp3) is 0.846. The third-order valence-electron chi connectivity index (χ3n) is 2.16. The molecule has 2 heteroatoms. The minimum Gasteiger partial charge on any atom is -0.374 e. The lowest BCUT2D eigenvalue weighted by Crippen LogP contribution is -2.36. The van der Waals surface area contributed by atoms with E-state index in [4.69, 9.17) is 4.74 Å². The summed E-state index contributed by atoms with van der Waals surface area (Å²) in [6.07, 6.45) is 6.73. The number of rotatable bonds is 7. The van der Waals surface area contributed by atoms with E-state index in [2.05, 4.69) is 33.0 Å². The zero-order chi connectivity index (χ0) is 11.7. The van der Waals surface area contributed by atoms with Crippen molar-refractivity contribution in [3.8, 4) is 0 Å². The van der Waals surface area contributed by atoms with Crippen LogP contribution in [0.3, 0.4) is 0 Å². The van der Waals surface area contributed by atoms with Gasteiger partial charge in [-0.15, -0.1) is 0 Å². The summed E-state index contributed by atoms with van der Waals surface area (Å²) < 4.78 is 5.60. The molecular weight excluding hydrogens is 186 g/mol. The molecule has 1 atom stereocenters. The minimum atomic E-state index is 0.231. The van der Waals surface area contributed by atoms with Gasteiger partial charge >= 0.3 is 0 Å². The average Bonchev–Trinajstić information content (AvgIpc) is 2.11. The summed E-state index contributed by atoms with van der Waals surface area (Å²) in [4.78, 5) is 0. The molecule has 0 aliphatic heterocycles. The molecule has 2 nitrogen and oxygen atoms in total. The molecule has 0 saturated heterocycles. The van der Waals surface area contributed by atoms with Crippen molar-refractivity contribution in [1.82, 2.24) is 5.32 Å². The molecular formula is C13H27NO. The highest BCUT2D eigenvalue weighted by Crippen LogP contribution is 2.03. The van der Waals surface area contributed by atoms with Gasteiger partial charge in [0.05, 0.1) is 12.7 Å². The maximum Gasteiger partial charge on any atom is 0.0650 e. The second-order valence-corrected chi connectivity index (χ2v) is 5.03. The molecule has 0 saturated carbocycles. The third kappa shape index (κ3) is 11.6. The zero-order valence-corrected chi connectivity index (χ0v) is 11.0. The molecule has 0 heterocycles. The smallest absolute Gasteiger partial charge is 0.0650 e. The Hall–Kier alpha value is -0.340.